The van der Waals surface area contributed by atoms with Gasteiger partial charge in [-0.15, -0.1) is 0 Å². The van der Waals surface area contributed by atoms with Crippen molar-refractivity contribution >= 4 is 0 Å². The van der Waals surface area contributed by atoms with Crippen LogP contribution < -0.4 is 10.5 Å². The summed E-state index contributed by atoms with van der Waals surface area (Å²) < 4.78 is 5.22. The van der Waals surface area contributed by atoms with Crippen LogP contribution in [0.4, 0.5) is 0 Å². The second-order valence-corrected chi connectivity index (χ2v) is 4.38. The predicted octanol–water partition coefficient (Wildman–Crippen LogP) is 2.76. The molecule has 1 aromatic heterocycles. The summed E-state index contributed by atoms with van der Waals surface area (Å²) in [5, 5.41) is 0. The van der Waals surface area contributed by atoms with Gasteiger partial charge in [0.2, 0.25) is 0 Å². The molecule has 94 valence electrons. The number of benzene rings is 1. The van der Waals surface area contributed by atoms with E-state index in [9.17, 15) is 0 Å². The van der Waals surface area contributed by atoms with Crippen molar-refractivity contribution in [3.8, 4) is 5.75 Å². The fourth-order valence-corrected chi connectivity index (χ4v) is 2.04. The lowest BCUT2D eigenvalue weighted by Gasteiger charge is -2.15. The molecule has 2 N–H and O–H groups in total. The zero-order chi connectivity index (χ0) is 13.1. The lowest BCUT2D eigenvalue weighted by molar-refractivity contribution is 0.414. The molecule has 1 atom stereocenters. The first-order valence-electron chi connectivity index (χ1n) is 5.95. The van der Waals surface area contributed by atoms with Crippen molar-refractivity contribution in [3.63, 3.8) is 0 Å². The van der Waals surface area contributed by atoms with E-state index in [1.165, 1.54) is 0 Å². The molecule has 0 fully saturated rings. The van der Waals surface area contributed by atoms with Gasteiger partial charge >= 0.3 is 0 Å². The van der Waals surface area contributed by atoms with E-state index in [2.05, 4.69) is 4.98 Å². The maximum atomic E-state index is 6.30. The van der Waals surface area contributed by atoms with Gasteiger partial charge in [0, 0.05) is 11.4 Å². The van der Waals surface area contributed by atoms with Crippen LogP contribution >= 0.6 is 0 Å². The third kappa shape index (κ3) is 2.51. The molecule has 2 rings (SSSR count). The second-order valence-electron chi connectivity index (χ2n) is 4.38. The zero-order valence-corrected chi connectivity index (χ0v) is 11.0. The van der Waals surface area contributed by atoms with E-state index in [1.54, 1.807) is 7.11 Å². The van der Waals surface area contributed by atoms with Gasteiger partial charge in [0.1, 0.15) is 5.75 Å². The van der Waals surface area contributed by atoms with Crippen molar-refractivity contribution < 1.29 is 4.74 Å². The number of hydrogen-bond acceptors (Lipinski definition) is 3. The van der Waals surface area contributed by atoms with Gasteiger partial charge in [-0.1, -0.05) is 18.2 Å². The maximum absolute atomic E-state index is 6.30. The second kappa shape index (κ2) is 5.19. The van der Waals surface area contributed by atoms with Crippen LogP contribution in [0, 0.1) is 13.8 Å². The van der Waals surface area contributed by atoms with E-state index in [-0.39, 0.29) is 6.04 Å². The Kier molecular flexibility index (Phi) is 3.63. The molecule has 0 bridgehead atoms. The SMILES string of the molecule is COc1cccc(C(N)c2ccc(C)nc2C)c1. The van der Waals surface area contributed by atoms with Crippen molar-refractivity contribution in [1.82, 2.24) is 4.98 Å². The average Bonchev–Trinajstić information content (AvgIpc) is 2.38. The minimum absolute atomic E-state index is 0.173. The Hall–Kier alpha value is -1.87. The summed E-state index contributed by atoms with van der Waals surface area (Å²) in [7, 11) is 1.66. The molecule has 2 aromatic rings. The van der Waals surface area contributed by atoms with Gasteiger partial charge in [-0.2, -0.15) is 0 Å². The van der Waals surface area contributed by atoms with Gasteiger partial charge in [-0.05, 0) is 43.2 Å². The van der Waals surface area contributed by atoms with Crippen molar-refractivity contribution in [3.05, 3.63) is 58.9 Å². The summed E-state index contributed by atoms with van der Waals surface area (Å²) in [6, 6.07) is 11.7. The normalized spacial score (nSPS) is 12.2. The first-order chi connectivity index (χ1) is 8.61. The molecule has 1 heterocycles. The van der Waals surface area contributed by atoms with E-state index in [4.69, 9.17) is 10.5 Å². The van der Waals surface area contributed by atoms with Crippen LogP contribution in [0.5, 0.6) is 5.75 Å². The summed E-state index contributed by atoms with van der Waals surface area (Å²) in [5.74, 6) is 0.820. The van der Waals surface area contributed by atoms with Gasteiger partial charge < -0.3 is 10.5 Å². The molecule has 1 unspecified atom stereocenters. The highest BCUT2D eigenvalue weighted by molar-refractivity contribution is 5.38. The minimum Gasteiger partial charge on any atom is -0.497 e. The average molecular weight is 242 g/mol. The Balaban J connectivity index is 2.37. The topological polar surface area (TPSA) is 48.1 Å². The molecule has 0 saturated carbocycles. The largest absolute Gasteiger partial charge is 0.497 e. The van der Waals surface area contributed by atoms with E-state index in [1.807, 2.05) is 50.2 Å². The number of aromatic nitrogens is 1. The van der Waals surface area contributed by atoms with Crippen molar-refractivity contribution in [2.75, 3.05) is 7.11 Å². The quantitative estimate of drug-likeness (QED) is 0.900. The van der Waals surface area contributed by atoms with E-state index < -0.39 is 0 Å². The number of nitrogens with two attached hydrogens (primary N) is 1. The molecular weight excluding hydrogens is 224 g/mol. The van der Waals surface area contributed by atoms with E-state index in [0.29, 0.717) is 0 Å². The van der Waals surface area contributed by atoms with Crippen LogP contribution in [0.2, 0.25) is 0 Å². The van der Waals surface area contributed by atoms with Crippen molar-refractivity contribution in [2.24, 2.45) is 5.73 Å². The number of nitrogens with zero attached hydrogens (tertiary/aromatic N) is 1. The van der Waals surface area contributed by atoms with Crippen LogP contribution in [0.25, 0.3) is 0 Å². The molecule has 0 aliphatic rings. The number of methoxy groups -OCH3 is 1. The maximum Gasteiger partial charge on any atom is 0.119 e. The first-order valence-corrected chi connectivity index (χ1v) is 5.95. The van der Waals surface area contributed by atoms with Crippen LogP contribution in [-0.2, 0) is 0 Å². The monoisotopic (exact) mass is 242 g/mol. The Morgan fingerprint density at radius 3 is 2.61 bits per heavy atom. The van der Waals surface area contributed by atoms with Crippen LogP contribution in [-0.4, -0.2) is 12.1 Å². The fourth-order valence-electron chi connectivity index (χ4n) is 2.04. The number of ether oxygens (including phenoxy) is 1. The van der Waals surface area contributed by atoms with Crippen molar-refractivity contribution in [2.45, 2.75) is 19.9 Å². The number of aryl methyl sites for hydroxylation is 2. The molecule has 0 radical (unpaired) electrons. The Morgan fingerprint density at radius 2 is 1.94 bits per heavy atom. The van der Waals surface area contributed by atoms with Gasteiger partial charge in [0.05, 0.1) is 13.2 Å². The fraction of sp³-hybridized carbons (Fsp3) is 0.267. The van der Waals surface area contributed by atoms with E-state index in [0.717, 1.165) is 28.3 Å². The molecular formula is C15H18N2O. The number of pyridine rings is 1. The molecule has 18 heavy (non-hydrogen) atoms. The van der Waals surface area contributed by atoms with Gasteiger partial charge in [-0.25, -0.2) is 0 Å². The molecule has 0 amide bonds. The smallest absolute Gasteiger partial charge is 0.119 e. The van der Waals surface area contributed by atoms with Crippen LogP contribution in [0.15, 0.2) is 36.4 Å². The summed E-state index contributed by atoms with van der Waals surface area (Å²) in [5.41, 5.74) is 10.4. The molecule has 0 spiro atoms. The molecule has 0 aliphatic heterocycles. The molecule has 1 aromatic carbocycles. The summed E-state index contributed by atoms with van der Waals surface area (Å²) in [4.78, 5) is 4.45. The predicted molar refractivity (Wildman–Crippen MR) is 72.7 cm³/mol. The summed E-state index contributed by atoms with van der Waals surface area (Å²) in [6.45, 7) is 3.97. The minimum atomic E-state index is -0.173. The highest BCUT2D eigenvalue weighted by atomic mass is 16.5. The molecule has 0 aliphatic carbocycles. The summed E-state index contributed by atoms with van der Waals surface area (Å²) in [6.07, 6.45) is 0. The van der Waals surface area contributed by atoms with Gasteiger partial charge in [0.25, 0.3) is 0 Å². The summed E-state index contributed by atoms with van der Waals surface area (Å²) >= 11 is 0. The van der Waals surface area contributed by atoms with Gasteiger partial charge in [0.15, 0.2) is 0 Å². The third-order valence-corrected chi connectivity index (χ3v) is 3.05. The molecule has 3 nitrogen and oxygen atoms in total. The lowest BCUT2D eigenvalue weighted by atomic mass is 9.98. The van der Waals surface area contributed by atoms with E-state index >= 15 is 0 Å². The number of hydrogen-bond donors (Lipinski definition) is 1. The first kappa shape index (κ1) is 12.6. The zero-order valence-electron chi connectivity index (χ0n) is 11.0. The van der Waals surface area contributed by atoms with Crippen molar-refractivity contribution in [1.29, 1.82) is 0 Å². The Bertz CT molecular complexity index is 552. The molecule has 3 heteroatoms. The van der Waals surface area contributed by atoms with Crippen LogP contribution in [0.1, 0.15) is 28.6 Å². The third-order valence-electron chi connectivity index (χ3n) is 3.05. The standard InChI is InChI=1S/C15H18N2O/c1-10-7-8-14(11(2)17-10)15(16)12-5-4-6-13(9-12)18-3/h4-9,15H,16H2,1-3H3. The van der Waals surface area contributed by atoms with Crippen LogP contribution in [0.3, 0.4) is 0 Å². The highest BCUT2D eigenvalue weighted by Crippen LogP contribution is 2.24. The number of rotatable bonds is 3. The van der Waals surface area contributed by atoms with Gasteiger partial charge in [-0.3, -0.25) is 4.98 Å². The lowest BCUT2D eigenvalue weighted by Crippen LogP contribution is -2.14. The Morgan fingerprint density at radius 1 is 1.17 bits per heavy atom. The Labute approximate surface area is 108 Å². The molecule has 0 saturated heterocycles. The highest BCUT2D eigenvalue weighted by Gasteiger charge is 2.12.